The first-order valence-corrected chi connectivity index (χ1v) is 10.3. The molecule has 0 bridgehead atoms. The largest absolute Gasteiger partial charge is 0.381 e. The Labute approximate surface area is 175 Å². The Morgan fingerprint density at radius 2 is 1.75 bits per heavy atom. The SMILES string of the molecule is CCOCC1(CCc2ccc(F)cc2)CCN(Cc2c(Cl)cc(F)cc2Cl)C1. The standard InChI is InChI=1S/C22H25Cl2F2NO/c1-2-28-15-22(8-7-16-3-5-17(25)6-4-16)9-10-27(14-22)13-19-20(23)11-18(26)12-21(19)24/h3-6,11-12H,2,7-10,13-15H2,1H3. The van der Waals surface area contributed by atoms with Crippen LogP contribution in [0.1, 0.15) is 30.9 Å². The molecule has 0 radical (unpaired) electrons. The monoisotopic (exact) mass is 427 g/mol. The summed E-state index contributed by atoms with van der Waals surface area (Å²) in [6, 6.07) is 9.30. The maximum atomic E-state index is 13.4. The van der Waals surface area contributed by atoms with Gasteiger partial charge in [-0.1, -0.05) is 35.3 Å². The molecule has 0 N–H and O–H groups in total. The molecule has 0 spiro atoms. The first kappa shape index (κ1) is 21.5. The molecule has 0 amide bonds. The van der Waals surface area contributed by atoms with Gasteiger partial charge in [0.25, 0.3) is 0 Å². The number of nitrogens with zero attached hydrogens (tertiary/aromatic N) is 1. The van der Waals surface area contributed by atoms with Crippen molar-refractivity contribution in [2.45, 2.75) is 32.7 Å². The van der Waals surface area contributed by atoms with Gasteiger partial charge >= 0.3 is 0 Å². The second-order valence-corrected chi connectivity index (χ2v) is 8.39. The number of ether oxygens (including phenoxy) is 1. The third-order valence-electron chi connectivity index (χ3n) is 5.47. The fourth-order valence-electron chi connectivity index (χ4n) is 3.88. The molecule has 0 aromatic heterocycles. The van der Waals surface area contributed by atoms with Crippen LogP contribution in [0.15, 0.2) is 36.4 Å². The van der Waals surface area contributed by atoms with Gasteiger partial charge in [-0.25, -0.2) is 8.78 Å². The molecule has 1 saturated heterocycles. The van der Waals surface area contributed by atoms with E-state index in [4.69, 9.17) is 27.9 Å². The quantitative estimate of drug-likeness (QED) is 0.501. The Kier molecular flexibility index (Phi) is 7.32. The molecule has 1 aliphatic rings. The van der Waals surface area contributed by atoms with Crippen LogP contribution >= 0.6 is 23.2 Å². The predicted octanol–water partition coefficient (Wildman–Crippen LogP) is 6.13. The van der Waals surface area contributed by atoms with Gasteiger partial charge in [-0.15, -0.1) is 0 Å². The molecule has 1 heterocycles. The fourth-order valence-corrected chi connectivity index (χ4v) is 4.46. The summed E-state index contributed by atoms with van der Waals surface area (Å²) in [7, 11) is 0. The third kappa shape index (κ3) is 5.44. The molecule has 0 aliphatic carbocycles. The molecule has 6 heteroatoms. The summed E-state index contributed by atoms with van der Waals surface area (Å²) in [6.07, 6.45) is 2.84. The van der Waals surface area contributed by atoms with Crippen molar-refractivity contribution in [1.29, 1.82) is 0 Å². The number of likely N-dealkylation sites (tertiary alicyclic amines) is 1. The van der Waals surface area contributed by atoms with Crippen molar-refractivity contribution in [2.24, 2.45) is 5.41 Å². The van der Waals surface area contributed by atoms with Gasteiger partial charge in [-0.3, -0.25) is 4.90 Å². The first-order chi connectivity index (χ1) is 13.4. The Balaban J connectivity index is 1.68. The van der Waals surface area contributed by atoms with E-state index in [-0.39, 0.29) is 11.2 Å². The van der Waals surface area contributed by atoms with E-state index in [2.05, 4.69) is 4.90 Å². The molecular weight excluding hydrogens is 403 g/mol. The second kappa shape index (κ2) is 9.53. The summed E-state index contributed by atoms with van der Waals surface area (Å²) in [5.74, 6) is -0.641. The van der Waals surface area contributed by atoms with Crippen LogP contribution in [0.3, 0.4) is 0 Å². The van der Waals surface area contributed by atoms with Gasteiger partial charge in [0.1, 0.15) is 11.6 Å². The van der Waals surface area contributed by atoms with Gasteiger partial charge in [0.2, 0.25) is 0 Å². The van der Waals surface area contributed by atoms with Crippen LogP contribution in [0.5, 0.6) is 0 Å². The normalized spacial score (nSPS) is 20.0. The molecule has 2 aromatic rings. The zero-order valence-electron chi connectivity index (χ0n) is 16.0. The maximum absolute atomic E-state index is 13.4. The Hall–Kier alpha value is -1.20. The molecular formula is C22H25Cl2F2NO. The van der Waals surface area contributed by atoms with Gasteiger partial charge in [-0.05, 0) is 62.6 Å². The Bertz CT molecular complexity index is 777. The lowest BCUT2D eigenvalue weighted by Gasteiger charge is -2.29. The van der Waals surface area contributed by atoms with E-state index in [9.17, 15) is 8.78 Å². The Morgan fingerprint density at radius 3 is 2.39 bits per heavy atom. The van der Waals surface area contributed by atoms with E-state index in [0.29, 0.717) is 29.8 Å². The van der Waals surface area contributed by atoms with Crippen LogP contribution in [-0.4, -0.2) is 31.2 Å². The van der Waals surface area contributed by atoms with E-state index in [1.54, 1.807) is 0 Å². The van der Waals surface area contributed by atoms with Crippen molar-refractivity contribution in [2.75, 3.05) is 26.3 Å². The van der Waals surface area contributed by atoms with Gasteiger partial charge in [-0.2, -0.15) is 0 Å². The minimum Gasteiger partial charge on any atom is -0.381 e. The van der Waals surface area contributed by atoms with Crippen LogP contribution in [0.4, 0.5) is 8.78 Å². The lowest BCUT2D eigenvalue weighted by Crippen LogP contribution is -2.32. The summed E-state index contributed by atoms with van der Waals surface area (Å²) in [5, 5.41) is 0.720. The predicted molar refractivity (Wildman–Crippen MR) is 110 cm³/mol. The highest BCUT2D eigenvalue weighted by molar-refractivity contribution is 6.36. The van der Waals surface area contributed by atoms with E-state index in [0.717, 1.165) is 43.5 Å². The zero-order valence-corrected chi connectivity index (χ0v) is 17.5. The number of rotatable bonds is 8. The van der Waals surface area contributed by atoms with Crippen molar-refractivity contribution >= 4 is 23.2 Å². The lowest BCUT2D eigenvalue weighted by molar-refractivity contribution is 0.0489. The van der Waals surface area contributed by atoms with Crippen molar-refractivity contribution in [3.05, 3.63) is 69.2 Å². The number of hydrogen-bond donors (Lipinski definition) is 0. The number of hydrogen-bond acceptors (Lipinski definition) is 2. The van der Waals surface area contributed by atoms with E-state index in [1.165, 1.54) is 24.3 Å². The topological polar surface area (TPSA) is 12.5 Å². The molecule has 1 unspecified atom stereocenters. The van der Waals surface area contributed by atoms with Crippen LogP contribution in [-0.2, 0) is 17.7 Å². The summed E-state index contributed by atoms with van der Waals surface area (Å²) in [6.45, 7) is 5.71. The molecule has 152 valence electrons. The second-order valence-electron chi connectivity index (χ2n) is 7.57. The fraction of sp³-hybridized carbons (Fsp3) is 0.455. The summed E-state index contributed by atoms with van der Waals surface area (Å²) < 4.78 is 32.4. The zero-order chi connectivity index (χ0) is 20.1. The molecule has 1 fully saturated rings. The van der Waals surface area contributed by atoms with E-state index < -0.39 is 5.82 Å². The van der Waals surface area contributed by atoms with Gasteiger partial charge < -0.3 is 4.74 Å². The highest BCUT2D eigenvalue weighted by Gasteiger charge is 2.38. The van der Waals surface area contributed by atoms with Crippen molar-refractivity contribution in [3.8, 4) is 0 Å². The summed E-state index contributed by atoms with van der Waals surface area (Å²) >= 11 is 12.4. The molecule has 2 aromatic carbocycles. The minimum absolute atomic E-state index is 0.0311. The molecule has 2 nitrogen and oxygen atoms in total. The highest BCUT2D eigenvalue weighted by Crippen LogP contribution is 2.38. The van der Waals surface area contributed by atoms with Crippen LogP contribution in [0, 0.1) is 17.0 Å². The van der Waals surface area contributed by atoms with Crippen molar-refractivity contribution in [1.82, 2.24) is 4.90 Å². The van der Waals surface area contributed by atoms with Crippen LogP contribution in [0.2, 0.25) is 10.0 Å². The molecule has 28 heavy (non-hydrogen) atoms. The average molecular weight is 428 g/mol. The Morgan fingerprint density at radius 1 is 1.07 bits per heavy atom. The summed E-state index contributed by atoms with van der Waals surface area (Å²) in [5.41, 5.74) is 1.92. The summed E-state index contributed by atoms with van der Waals surface area (Å²) in [4.78, 5) is 2.30. The van der Waals surface area contributed by atoms with Crippen LogP contribution < -0.4 is 0 Å². The van der Waals surface area contributed by atoms with Crippen LogP contribution in [0.25, 0.3) is 0 Å². The number of halogens is 4. The number of benzene rings is 2. The highest BCUT2D eigenvalue weighted by atomic mass is 35.5. The smallest absolute Gasteiger partial charge is 0.126 e. The first-order valence-electron chi connectivity index (χ1n) is 9.59. The van der Waals surface area contributed by atoms with Crippen molar-refractivity contribution in [3.63, 3.8) is 0 Å². The van der Waals surface area contributed by atoms with E-state index in [1.807, 2.05) is 19.1 Å². The number of aryl methyl sites for hydroxylation is 1. The molecule has 3 rings (SSSR count). The average Bonchev–Trinajstić information content (AvgIpc) is 3.06. The third-order valence-corrected chi connectivity index (χ3v) is 6.15. The van der Waals surface area contributed by atoms with E-state index >= 15 is 0 Å². The lowest BCUT2D eigenvalue weighted by atomic mass is 9.82. The van der Waals surface area contributed by atoms with Gasteiger partial charge in [0.15, 0.2) is 0 Å². The minimum atomic E-state index is -0.426. The van der Waals surface area contributed by atoms with Gasteiger partial charge in [0.05, 0.1) is 6.61 Å². The van der Waals surface area contributed by atoms with Crippen molar-refractivity contribution < 1.29 is 13.5 Å². The molecule has 1 atom stereocenters. The van der Waals surface area contributed by atoms with Gasteiger partial charge in [0, 0.05) is 40.7 Å². The molecule has 0 saturated carbocycles. The molecule has 1 aliphatic heterocycles. The maximum Gasteiger partial charge on any atom is 0.126 e.